The molecule has 3 aromatic rings. The van der Waals surface area contributed by atoms with Crippen molar-refractivity contribution in [3.63, 3.8) is 0 Å². The van der Waals surface area contributed by atoms with Crippen LogP contribution in [-0.2, 0) is 0 Å². The first-order valence-corrected chi connectivity index (χ1v) is 8.74. The number of benzene rings is 2. The molecule has 0 aliphatic carbocycles. The molecule has 0 unspecified atom stereocenters. The van der Waals surface area contributed by atoms with Crippen LogP contribution in [0, 0.1) is 17.0 Å². The number of rotatable bonds is 6. The second kappa shape index (κ2) is 8.01. The highest BCUT2D eigenvalue weighted by molar-refractivity contribution is 6.31. The number of nitrogens with zero attached hydrogens (tertiary/aromatic N) is 4. The minimum atomic E-state index is -0.469. The highest BCUT2D eigenvalue weighted by Gasteiger charge is 2.27. The molecule has 0 aliphatic rings. The zero-order valence-electron chi connectivity index (χ0n) is 14.9. The summed E-state index contributed by atoms with van der Waals surface area (Å²) in [6.07, 6.45) is 1.32. The van der Waals surface area contributed by atoms with E-state index in [-0.39, 0.29) is 17.3 Å². The summed E-state index contributed by atoms with van der Waals surface area (Å²) in [7, 11) is 0. The maximum absolute atomic E-state index is 11.9. The van der Waals surface area contributed by atoms with Gasteiger partial charge in [0, 0.05) is 22.9 Å². The Morgan fingerprint density at radius 1 is 1.15 bits per heavy atom. The molecular formula is C19H18ClN5O2. The van der Waals surface area contributed by atoms with Gasteiger partial charge in [-0.1, -0.05) is 35.9 Å². The Kier molecular flexibility index (Phi) is 5.52. The van der Waals surface area contributed by atoms with Crippen molar-refractivity contribution in [3.05, 3.63) is 75.6 Å². The maximum atomic E-state index is 11.9. The number of nitrogens with one attached hydrogen (secondary N) is 1. The van der Waals surface area contributed by atoms with Gasteiger partial charge in [-0.25, -0.2) is 9.97 Å². The second-order valence-corrected chi connectivity index (χ2v) is 6.18. The van der Waals surface area contributed by atoms with Crippen molar-refractivity contribution in [1.82, 2.24) is 9.97 Å². The first kappa shape index (κ1) is 18.6. The Balaban J connectivity index is 2.10. The van der Waals surface area contributed by atoms with Crippen LogP contribution < -0.4 is 10.2 Å². The van der Waals surface area contributed by atoms with Crippen molar-refractivity contribution in [2.75, 3.05) is 16.8 Å². The number of hydrogen-bond acceptors (Lipinski definition) is 6. The lowest BCUT2D eigenvalue weighted by molar-refractivity contribution is -0.383. The lowest BCUT2D eigenvalue weighted by Gasteiger charge is -2.22. The summed E-state index contributed by atoms with van der Waals surface area (Å²) < 4.78 is 0. The third-order valence-corrected chi connectivity index (χ3v) is 4.56. The first-order valence-electron chi connectivity index (χ1n) is 8.37. The van der Waals surface area contributed by atoms with Gasteiger partial charge in [0.25, 0.3) is 0 Å². The van der Waals surface area contributed by atoms with Gasteiger partial charge in [0.05, 0.1) is 4.92 Å². The number of hydrogen-bond donors (Lipinski definition) is 1. The summed E-state index contributed by atoms with van der Waals surface area (Å²) in [4.78, 5) is 21.5. The van der Waals surface area contributed by atoms with Crippen LogP contribution >= 0.6 is 11.6 Å². The Bertz CT molecular complexity index is 966. The minimum Gasteiger partial charge on any atom is -0.334 e. The average Bonchev–Trinajstić information content (AvgIpc) is 2.67. The van der Waals surface area contributed by atoms with Gasteiger partial charge in [-0.15, -0.1) is 0 Å². The van der Waals surface area contributed by atoms with E-state index in [1.165, 1.54) is 6.33 Å². The fourth-order valence-electron chi connectivity index (χ4n) is 2.76. The summed E-state index contributed by atoms with van der Waals surface area (Å²) >= 11 is 6.15. The summed E-state index contributed by atoms with van der Waals surface area (Å²) in [5.74, 6) is 0.343. The molecule has 0 saturated heterocycles. The van der Waals surface area contributed by atoms with Crippen molar-refractivity contribution in [2.24, 2.45) is 0 Å². The topological polar surface area (TPSA) is 84.2 Å². The molecule has 7 nitrogen and oxygen atoms in total. The molecule has 0 amide bonds. The fraction of sp³-hybridized carbons (Fsp3) is 0.158. The van der Waals surface area contributed by atoms with Crippen LogP contribution in [-0.4, -0.2) is 21.4 Å². The molecule has 3 rings (SSSR count). The summed E-state index contributed by atoms with van der Waals surface area (Å²) in [5, 5.41) is 15.5. The quantitative estimate of drug-likeness (QED) is 0.462. The molecular weight excluding hydrogens is 366 g/mol. The van der Waals surface area contributed by atoms with Crippen LogP contribution in [0.2, 0.25) is 5.02 Å². The van der Waals surface area contributed by atoms with Crippen LogP contribution in [0.1, 0.15) is 12.5 Å². The van der Waals surface area contributed by atoms with E-state index in [1.54, 1.807) is 23.1 Å². The molecule has 27 heavy (non-hydrogen) atoms. The van der Waals surface area contributed by atoms with Gasteiger partial charge >= 0.3 is 5.69 Å². The van der Waals surface area contributed by atoms with Crippen molar-refractivity contribution in [2.45, 2.75) is 13.8 Å². The van der Waals surface area contributed by atoms with Crippen LogP contribution in [0.5, 0.6) is 0 Å². The monoisotopic (exact) mass is 383 g/mol. The molecule has 0 bridgehead atoms. The van der Waals surface area contributed by atoms with Crippen LogP contribution in [0.25, 0.3) is 0 Å². The Morgan fingerprint density at radius 2 is 1.89 bits per heavy atom. The molecule has 0 aliphatic heterocycles. The Labute approximate surface area is 161 Å². The van der Waals surface area contributed by atoms with Gasteiger partial charge < -0.3 is 10.2 Å². The zero-order valence-corrected chi connectivity index (χ0v) is 15.6. The molecule has 1 N–H and O–H groups in total. The van der Waals surface area contributed by atoms with E-state index in [4.69, 9.17) is 11.6 Å². The fourth-order valence-corrected chi connectivity index (χ4v) is 2.93. The summed E-state index contributed by atoms with van der Waals surface area (Å²) in [5.41, 5.74) is 2.05. The predicted octanol–water partition coefficient (Wildman–Crippen LogP) is 5.25. The third kappa shape index (κ3) is 3.83. The van der Waals surface area contributed by atoms with Gasteiger partial charge in [-0.05, 0) is 43.7 Å². The maximum Gasteiger partial charge on any atom is 0.354 e. The Hall–Kier alpha value is -3.19. The van der Waals surface area contributed by atoms with Gasteiger partial charge in [-0.3, -0.25) is 10.1 Å². The molecule has 0 fully saturated rings. The van der Waals surface area contributed by atoms with E-state index < -0.39 is 4.92 Å². The summed E-state index contributed by atoms with van der Waals surface area (Å²) in [6, 6.07) is 14.7. The largest absolute Gasteiger partial charge is 0.354 e. The predicted molar refractivity (Wildman–Crippen MR) is 107 cm³/mol. The molecule has 1 aromatic heterocycles. The van der Waals surface area contributed by atoms with Crippen LogP contribution in [0.15, 0.2) is 54.9 Å². The van der Waals surface area contributed by atoms with E-state index in [1.807, 2.05) is 44.2 Å². The third-order valence-electron chi connectivity index (χ3n) is 4.15. The average molecular weight is 384 g/mol. The first-order chi connectivity index (χ1) is 13.0. The molecule has 0 atom stereocenters. The second-order valence-electron chi connectivity index (χ2n) is 5.77. The molecule has 1 heterocycles. The van der Waals surface area contributed by atoms with Crippen LogP contribution in [0.4, 0.5) is 28.7 Å². The van der Waals surface area contributed by atoms with Crippen molar-refractivity contribution in [1.29, 1.82) is 0 Å². The van der Waals surface area contributed by atoms with E-state index in [0.717, 1.165) is 11.3 Å². The molecule has 8 heteroatoms. The van der Waals surface area contributed by atoms with Crippen LogP contribution in [0.3, 0.4) is 0 Å². The SMILES string of the molecule is CCN(c1ccccc1)c1ncnc(Nc2cccc(Cl)c2C)c1[N+](=O)[O-]. The van der Waals surface area contributed by atoms with Gasteiger partial charge in [0.15, 0.2) is 0 Å². The Morgan fingerprint density at radius 3 is 2.56 bits per heavy atom. The number of anilines is 4. The molecule has 2 aromatic carbocycles. The highest BCUT2D eigenvalue weighted by atomic mass is 35.5. The lowest BCUT2D eigenvalue weighted by atomic mass is 10.2. The van der Waals surface area contributed by atoms with Crippen molar-refractivity contribution in [3.8, 4) is 0 Å². The number of nitro groups is 1. The van der Waals surface area contributed by atoms with Gasteiger partial charge in [-0.2, -0.15) is 0 Å². The molecule has 138 valence electrons. The van der Waals surface area contributed by atoms with E-state index in [2.05, 4.69) is 15.3 Å². The standard InChI is InChI=1S/C19H18ClN5O2/c1-3-24(14-8-5-4-6-9-14)19-17(25(26)27)18(21-12-22-19)23-16-11-7-10-15(20)13(16)2/h4-12H,3H2,1-2H3,(H,21,22,23). The minimum absolute atomic E-state index is 0.116. The van der Waals surface area contributed by atoms with Gasteiger partial charge in [0.2, 0.25) is 11.6 Å². The normalized spacial score (nSPS) is 10.5. The lowest BCUT2D eigenvalue weighted by Crippen LogP contribution is -2.19. The smallest absolute Gasteiger partial charge is 0.334 e. The zero-order chi connectivity index (χ0) is 19.4. The number of halogens is 1. The van der Waals surface area contributed by atoms with Crippen molar-refractivity contribution >= 4 is 40.3 Å². The van der Waals surface area contributed by atoms with E-state index in [9.17, 15) is 10.1 Å². The van der Waals surface area contributed by atoms with E-state index >= 15 is 0 Å². The van der Waals surface area contributed by atoms with E-state index in [0.29, 0.717) is 17.3 Å². The molecule has 0 spiro atoms. The highest BCUT2D eigenvalue weighted by Crippen LogP contribution is 2.37. The molecule has 0 radical (unpaired) electrons. The van der Waals surface area contributed by atoms with Gasteiger partial charge in [0.1, 0.15) is 6.33 Å². The molecule has 0 saturated carbocycles. The van der Waals surface area contributed by atoms with Crippen molar-refractivity contribution < 1.29 is 4.92 Å². The number of aromatic nitrogens is 2. The number of para-hydroxylation sites is 1. The summed E-state index contributed by atoms with van der Waals surface area (Å²) in [6.45, 7) is 4.26.